The van der Waals surface area contributed by atoms with Crippen molar-refractivity contribution >= 4 is 5.96 Å². The molecule has 0 aromatic heterocycles. The number of ether oxygens (including phenoxy) is 1. The van der Waals surface area contributed by atoms with Crippen LogP contribution >= 0.6 is 0 Å². The Morgan fingerprint density at radius 1 is 1.07 bits per heavy atom. The number of nitrogens with one attached hydrogen (secondary N) is 2. The maximum absolute atomic E-state index is 5.43. The molecule has 1 saturated heterocycles. The van der Waals surface area contributed by atoms with Crippen molar-refractivity contribution < 1.29 is 4.74 Å². The number of aliphatic imine (C=N–C) groups is 1. The van der Waals surface area contributed by atoms with Gasteiger partial charge in [-0.3, -0.25) is 9.89 Å². The van der Waals surface area contributed by atoms with Gasteiger partial charge in [0.1, 0.15) is 0 Å². The van der Waals surface area contributed by atoms with Crippen LogP contribution in [0.25, 0.3) is 0 Å². The number of rotatable bonds is 9. The Balaban J connectivity index is 1.57. The van der Waals surface area contributed by atoms with E-state index >= 15 is 0 Å². The van der Waals surface area contributed by atoms with Gasteiger partial charge >= 0.3 is 0 Å². The number of nitrogens with zero attached hydrogens (tertiary/aromatic N) is 3. The van der Waals surface area contributed by atoms with Gasteiger partial charge in [-0.15, -0.1) is 0 Å². The van der Waals surface area contributed by atoms with E-state index in [0.717, 1.165) is 64.7 Å². The lowest BCUT2D eigenvalue weighted by Crippen LogP contribution is -2.47. The van der Waals surface area contributed by atoms with E-state index in [2.05, 4.69) is 69.6 Å². The molecule has 0 amide bonds. The summed E-state index contributed by atoms with van der Waals surface area (Å²) in [7, 11) is 3.54. The van der Waals surface area contributed by atoms with E-state index in [-0.39, 0.29) is 5.60 Å². The maximum Gasteiger partial charge on any atom is 0.191 e. The lowest BCUT2D eigenvalue weighted by molar-refractivity contribution is 0.0268. The highest BCUT2D eigenvalue weighted by molar-refractivity contribution is 5.79. The van der Waals surface area contributed by atoms with Crippen molar-refractivity contribution in [3.8, 4) is 0 Å². The van der Waals surface area contributed by atoms with E-state index in [9.17, 15) is 0 Å². The van der Waals surface area contributed by atoms with E-state index in [1.165, 1.54) is 5.56 Å². The summed E-state index contributed by atoms with van der Waals surface area (Å²) in [6.45, 7) is 12.6. The maximum atomic E-state index is 5.43. The van der Waals surface area contributed by atoms with Crippen LogP contribution in [0.5, 0.6) is 0 Å². The first-order valence-electron chi connectivity index (χ1n) is 10.0. The SMILES string of the molecule is CN=C(NCCCN1CCN(Cc2ccccc2)CC1)NCC(C)(C)OC. The minimum atomic E-state index is -0.197. The minimum absolute atomic E-state index is 0.197. The van der Waals surface area contributed by atoms with Gasteiger partial charge in [0.05, 0.1) is 5.60 Å². The Bertz CT molecular complexity index is 553. The fraction of sp³-hybridized carbons (Fsp3) is 0.667. The second-order valence-corrected chi connectivity index (χ2v) is 7.77. The van der Waals surface area contributed by atoms with Gasteiger partial charge in [-0.1, -0.05) is 30.3 Å². The summed E-state index contributed by atoms with van der Waals surface area (Å²) < 4.78 is 5.43. The highest BCUT2D eigenvalue weighted by atomic mass is 16.5. The molecule has 2 rings (SSSR count). The van der Waals surface area contributed by atoms with Crippen molar-refractivity contribution in [3.05, 3.63) is 35.9 Å². The molecular formula is C21H37N5O. The van der Waals surface area contributed by atoms with E-state index in [0.29, 0.717) is 0 Å². The molecule has 0 unspecified atom stereocenters. The molecule has 1 aromatic carbocycles. The lowest BCUT2D eigenvalue weighted by Gasteiger charge is -2.34. The molecule has 1 aromatic rings. The first kappa shape index (κ1) is 21.7. The van der Waals surface area contributed by atoms with Crippen LogP contribution < -0.4 is 10.6 Å². The molecule has 0 saturated carbocycles. The van der Waals surface area contributed by atoms with Crippen LogP contribution in [0.15, 0.2) is 35.3 Å². The monoisotopic (exact) mass is 375 g/mol. The van der Waals surface area contributed by atoms with Gasteiger partial charge in [-0.2, -0.15) is 0 Å². The molecule has 1 aliphatic rings. The summed E-state index contributed by atoms with van der Waals surface area (Å²) in [6, 6.07) is 10.8. The van der Waals surface area contributed by atoms with Crippen LogP contribution in [0, 0.1) is 0 Å². The summed E-state index contributed by atoms with van der Waals surface area (Å²) in [5.74, 6) is 0.841. The third kappa shape index (κ3) is 8.28. The largest absolute Gasteiger partial charge is 0.377 e. The van der Waals surface area contributed by atoms with Crippen molar-refractivity contribution in [3.63, 3.8) is 0 Å². The molecule has 1 aliphatic heterocycles. The molecular weight excluding hydrogens is 338 g/mol. The average molecular weight is 376 g/mol. The predicted octanol–water partition coefficient (Wildman–Crippen LogP) is 1.78. The molecule has 152 valence electrons. The van der Waals surface area contributed by atoms with Crippen LogP contribution in [-0.2, 0) is 11.3 Å². The van der Waals surface area contributed by atoms with Gasteiger partial charge in [0.15, 0.2) is 5.96 Å². The van der Waals surface area contributed by atoms with Gasteiger partial charge in [0, 0.05) is 60.0 Å². The van der Waals surface area contributed by atoms with Crippen LogP contribution in [-0.4, -0.2) is 81.3 Å². The van der Waals surface area contributed by atoms with Crippen molar-refractivity contribution in [1.82, 2.24) is 20.4 Å². The second kappa shape index (κ2) is 11.3. The van der Waals surface area contributed by atoms with Crippen LogP contribution in [0.2, 0.25) is 0 Å². The highest BCUT2D eigenvalue weighted by Crippen LogP contribution is 2.08. The number of hydrogen-bond acceptors (Lipinski definition) is 4. The first-order chi connectivity index (χ1) is 13.0. The number of methoxy groups -OCH3 is 1. The topological polar surface area (TPSA) is 52.1 Å². The number of piperazine rings is 1. The Hall–Kier alpha value is -1.63. The first-order valence-corrected chi connectivity index (χ1v) is 10.0. The van der Waals surface area contributed by atoms with Crippen molar-refractivity contribution in [1.29, 1.82) is 0 Å². The lowest BCUT2D eigenvalue weighted by atomic mass is 10.1. The zero-order valence-electron chi connectivity index (χ0n) is 17.5. The molecule has 2 N–H and O–H groups in total. The standard InChI is InChI=1S/C21H37N5O/c1-21(2,27-4)18-24-20(22-3)23-11-8-12-25-13-15-26(16-14-25)17-19-9-6-5-7-10-19/h5-7,9-10H,8,11-18H2,1-4H3,(H2,22,23,24). The van der Waals surface area contributed by atoms with Gasteiger partial charge in [0.25, 0.3) is 0 Å². The molecule has 27 heavy (non-hydrogen) atoms. The van der Waals surface area contributed by atoms with Gasteiger partial charge in [-0.25, -0.2) is 0 Å². The summed E-state index contributed by atoms with van der Waals surface area (Å²) in [5, 5.41) is 6.72. The molecule has 6 heteroatoms. The minimum Gasteiger partial charge on any atom is -0.377 e. The van der Waals surface area contributed by atoms with Gasteiger partial charge in [0.2, 0.25) is 0 Å². The van der Waals surface area contributed by atoms with Crippen LogP contribution in [0.4, 0.5) is 0 Å². The zero-order valence-corrected chi connectivity index (χ0v) is 17.5. The van der Waals surface area contributed by atoms with Crippen molar-refractivity contribution in [2.75, 3.05) is 60.0 Å². The normalized spacial score (nSPS) is 17.1. The summed E-state index contributed by atoms with van der Waals surface area (Å²) in [4.78, 5) is 9.39. The summed E-state index contributed by atoms with van der Waals surface area (Å²) in [6.07, 6.45) is 1.12. The molecule has 0 bridgehead atoms. The molecule has 1 heterocycles. The Labute approximate surface area is 165 Å². The van der Waals surface area contributed by atoms with Crippen LogP contribution in [0.1, 0.15) is 25.8 Å². The fourth-order valence-corrected chi connectivity index (χ4v) is 3.11. The predicted molar refractivity (Wildman–Crippen MR) is 113 cm³/mol. The summed E-state index contributed by atoms with van der Waals surface area (Å²) >= 11 is 0. The number of hydrogen-bond donors (Lipinski definition) is 2. The Morgan fingerprint density at radius 3 is 2.37 bits per heavy atom. The highest BCUT2D eigenvalue weighted by Gasteiger charge is 2.17. The molecule has 6 nitrogen and oxygen atoms in total. The average Bonchev–Trinajstić information content (AvgIpc) is 2.69. The van der Waals surface area contributed by atoms with E-state index < -0.39 is 0 Å². The number of benzene rings is 1. The zero-order chi connectivity index (χ0) is 19.5. The second-order valence-electron chi connectivity index (χ2n) is 7.77. The summed E-state index contributed by atoms with van der Waals surface area (Å²) in [5.41, 5.74) is 1.21. The Morgan fingerprint density at radius 2 is 1.74 bits per heavy atom. The molecule has 0 aliphatic carbocycles. The van der Waals surface area contributed by atoms with E-state index in [1.807, 2.05) is 0 Å². The smallest absolute Gasteiger partial charge is 0.191 e. The van der Waals surface area contributed by atoms with Crippen molar-refractivity contribution in [2.45, 2.75) is 32.4 Å². The van der Waals surface area contributed by atoms with E-state index in [4.69, 9.17) is 4.74 Å². The quantitative estimate of drug-likeness (QED) is 0.391. The van der Waals surface area contributed by atoms with E-state index in [1.54, 1.807) is 14.2 Å². The molecule has 0 spiro atoms. The molecule has 0 atom stereocenters. The third-order valence-electron chi connectivity index (χ3n) is 5.12. The molecule has 1 fully saturated rings. The number of guanidine groups is 1. The van der Waals surface area contributed by atoms with Crippen molar-refractivity contribution in [2.24, 2.45) is 4.99 Å². The fourth-order valence-electron chi connectivity index (χ4n) is 3.11. The van der Waals surface area contributed by atoms with Gasteiger partial charge in [-0.05, 0) is 32.4 Å². The molecule has 0 radical (unpaired) electrons. The van der Waals surface area contributed by atoms with Crippen LogP contribution in [0.3, 0.4) is 0 Å². The third-order valence-corrected chi connectivity index (χ3v) is 5.12. The van der Waals surface area contributed by atoms with Gasteiger partial charge < -0.3 is 20.3 Å². The Kier molecular flexibility index (Phi) is 9.04.